The lowest BCUT2D eigenvalue weighted by molar-refractivity contribution is -0.137. The van der Waals surface area contributed by atoms with E-state index in [4.69, 9.17) is 20.4 Å². The summed E-state index contributed by atoms with van der Waals surface area (Å²) in [4.78, 5) is 0. The summed E-state index contributed by atoms with van der Waals surface area (Å²) in [6.45, 7) is 0. The lowest BCUT2D eigenvalue weighted by Gasteiger charge is -2.03. The van der Waals surface area contributed by atoms with E-state index in [9.17, 15) is 13.2 Å². The Morgan fingerprint density at radius 3 is 2.24 bits per heavy atom. The van der Waals surface area contributed by atoms with E-state index in [1.807, 2.05) is 0 Å². The van der Waals surface area contributed by atoms with Crippen LogP contribution in [0.4, 0.5) is 13.2 Å². The molecule has 2 nitrogen and oxygen atoms in total. The van der Waals surface area contributed by atoms with Crippen LogP contribution in [0.1, 0.15) is 5.56 Å². The van der Waals surface area contributed by atoms with Gasteiger partial charge in [0.15, 0.2) is 11.5 Å². The molecule has 0 saturated carbocycles. The topological polar surface area (TPSA) is 26.3 Å². The number of halogens is 4. The van der Waals surface area contributed by atoms with Gasteiger partial charge in [-0.1, -0.05) is 11.6 Å². The SMILES string of the molecule is FC(F)(F)c1cc(-c2ccc(Cl)cc2)oc1-c1ccco1. The van der Waals surface area contributed by atoms with E-state index < -0.39 is 11.7 Å². The van der Waals surface area contributed by atoms with Gasteiger partial charge in [-0.15, -0.1) is 0 Å². The molecule has 0 atom stereocenters. The molecular weight excluding hydrogens is 305 g/mol. The lowest BCUT2D eigenvalue weighted by atomic mass is 10.1. The van der Waals surface area contributed by atoms with Gasteiger partial charge in [-0.3, -0.25) is 0 Å². The van der Waals surface area contributed by atoms with E-state index in [-0.39, 0.29) is 17.3 Å². The fourth-order valence-corrected chi connectivity index (χ4v) is 2.07. The molecule has 0 bridgehead atoms. The third-order valence-corrected chi connectivity index (χ3v) is 3.16. The molecule has 3 rings (SSSR count). The minimum Gasteiger partial charge on any atom is -0.461 e. The Hall–Kier alpha value is -2.14. The molecule has 0 unspecified atom stereocenters. The summed E-state index contributed by atoms with van der Waals surface area (Å²) >= 11 is 5.76. The lowest BCUT2D eigenvalue weighted by Crippen LogP contribution is -2.04. The minimum absolute atomic E-state index is 0.0301. The van der Waals surface area contributed by atoms with Crippen LogP contribution in [0.2, 0.25) is 5.02 Å². The van der Waals surface area contributed by atoms with Gasteiger partial charge in [0.1, 0.15) is 11.3 Å². The van der Waals surface area contributed by atoms with E-state index in [1.54, 1.807) is 24.3 Å². The van der Waals surface area contributed by atoms with E-state index in [0.29, 0.717) is 10.6 Å². The van der Waals surface area contributed by atoms with Gasteiger partial charge in [0.25, 0.3) is 0 Å². The Kier molecular flexibility index (Phi) is 3.29. The maximum absolute atomic E-state index is 13.1. The Balaban J connectivity index is 2.14. The van der Waals surface area contributed by atoms with Crippen LogP contribution in [-0.4, -0.2) is 0 Å². The summed E-state index contributed by atoms with van der Waals surface area (Å²) in [5.41, 5.74) is -0.370. The molecule has 0 aliphatic heterocycles. The van der Waals surface area contributed by atoms with Crippen molar-refractivity contribution in [3.8, 4) is 22.8 Å². The van der Waals surface area contributed by atoms with Crippen LogP contribution >= 0.6 is 11.6 Å². The van der Waals surface area contributed by atoms with Crippen LogP contribution in [0.25, 0.3) is 22.8 Å². The Bertz CT molecular complexity index is 740. The number of hydrogen-bond acceptors (Lipinski definition) is 2. The van der Waals surface area contributed by atoms with Crippen molar-refractivity contribution in [1.82, 2.24) is 0 Å². The van der Waals surface area contributed by atoms with Gasteiger partial charge in [-0.2, -0.15) is 13.2 Å². The fraction of sp³-hybridized carbons (Fsp3) is 0.0667. The number of benzene rings is 1. The predicted molar refractivity (Wildman–Crippen MR) is 71.9 cm³/mol. The minimum atomic E-state index is -4.53. The standard InChI is InChI=1S/C15H8ClF3O2/c16-10-5-3-9(4-6-10)13-8-11(15(17,18)19)14(21-13)12-2-1-7-20-12/h1-8H. The third kappa shape index (κ3) is 2.69. The molecule has 6 heteroatoms. The summed E-state index contributed by atoms with van der Waals surface area (Å²) < 4.78 is 49.7. The summed E-state index contributed by atoms with van der Waals surface area (Å²) in [6.07, 6.45) is -3.24. The molecule has 0 aliphatic rings. The van der Waals surface area contributed by atoms with Gasteiger partial charge < -0.3 is 8.83 Å². The number of furan rings is 2. The van der Waals surface area contributed by atoms with Crippen molar-refractivity contribution >= 4 is 11.6 Å². The second-order valence-corrected chi connectivity index (χ2v) is 4.77. The van der Waals surface area contributed by atoms with Crippen LogP contribution in [-0.2, 0) is 6.18 Å². The second-order valence-electron chi connectivity index (χ2n) is 4.34. The molecule has 0 saturated heterocycles. The smallest absolute Gasteiger partial charge is 0.420 e. The molecule has 0 fully saturated rings. The first-order chi connectivity index (χ1) is 9.95. The van der Waals surface area contributed by atoms with Crippen LogP contribution < -0.4 is 0 Å². The van der Waals surface area contributed by atoms with E-state index in [1.165, 1.54) is 18.4 Å². The van der Waals surface area contributed by atoms with Gasteiger partial charge in [0.05, 0.1) is 6.26 Å². The molecule has 2 heterocycles. The van der Waals surface area contributed by atoms with Gasteiger partial charge in [0, 0.05) is 10.6 Å². The normalized spacial score (nSPS) is 11.8. The monoisotopic (exact) mass is 312 g/mol. The predicted octanol–water partition coefficient (Wildman–Crippen LogP) is 5.88. The first-order valence-electron chi connectivity index (χ1n) is 5.96. The van der Waals surface area contributed by atoms with Crippen LogP contribution in [0.15, 0.2) is 57.6 Å². The largest absolute Gasteiger partial charge is 0.461 e. The van der Waals surface area contributed by atoms with Crippen molar-refractivity contribution in [1.29, 1.82) is 0 Å². The molecular formula is C15H8ClF3O2. The zero-order valence-corrected chi connectivity index (χ0v) is 11.2. The van der Waals surface area contributed by atoms with Crippen molar-refractivity contribution in [3.05, 3.63) is 59.3 Å². The Morgan fingerprint density at radius 1 is 0.952 bits per heavy atom. The highest BCUT2D eigenvalue weighted by Gasteiger charge is 2.38. The van der Waals surface area contributed by atoms with Crippen LogP contribution in [0.3, 0.4) is 0 Å². The number of rotatable bonds is 2. The highest BCUT2D eigenvalue weighted by molar-refractivity contribution is 6.30. The average Bonchev–Trinajstić information content (AvgIpc) is 3.07. The van der Waals surface area contributed by atoms with E-state index in [2.05, 4.69) is 0 Å². The summed E-state index contributed by atoms with van der Waals surface area (Å²) in [7, 11) is 0. The van der Waals surface area contributed by atoms with Crippen molar-refractivity contribution in [3.63, 3.8) is 0 Å². The molecule has 2 aromatic heterocycles. The maximum Gasteiger partial charge on any atom is 0.420 e. The zero-order valence-electron chi connectivity index (χ0n) is 10.4. The molecule has 1 aromatic carbocycles. The zero-order chi connectivity index (χ0) is 15.0. The van der Waals surface area contributed by atoms with Gasteiger partial charge in [-0.25, -0.2) is 0 Å². The molecule has 0 N–H and O–H groups in total. The average molecular weight is 313 g/mol. The van der Waals surface area contributed by atoms with Crippen molar-refractivity contribution < 1.29 is 22.0 Å². The Morgan fingerprint density at radius 2 is 1.67 bits per heavy atom. The third-order valence-electron chi connectivity index (χ3n) is 2.91. The maximum atomic E-state index is 13.1. The molecule has 0 radical (unpaired) electrons. The number of hydrogen-bond donors (Lipinski definition) is 0. The van der Waals surface area contributed by atoms with Crippen molar-refractivity contribution in [2.24, 2.45) is 0 Å². The van der Waals surface area contributed by atoms with E-state index >= 15 is 0 Å². The van der Waals surface area contributed by atoms with Crippen LogP contribution in [0.5, 0.6) is 0 Å². The van der Waals surface area contributed by atoms with Crippen LogP contribution in [0, 0.1) is 0 Å². The second kappa shape index (κ2) is 5.00. The highest BCUT2D eigenvalue weighted by atomic mass is 35.5. The molecule has 21 heavy (non-hydrogen) atoms. The molecule has 0 aliphatic carbocycles. The highest BCUT2D eigenvalue weighted by Crippen LogP contribution is 2.42. The van der Waals surface area contributed by atoms with Gasteiger partial charge in [-0.05, 0) is 42.5 Å². The molecule has 108 valence electrons. The molecule has 0 spiro atoms. The fourth-order valence-electron chi connectivity index (χ4n) is 1.95. The van der Waals surface area contributed by atoms with Crippen molar-refractivity contribution in [2.75, 3.05) is 0 Å². The first kappa shape index (κ1) is 13.8. The Labute approximate surface area is 122 Å². The van der Waals surface area contributed by atoms with E-state index in [0.717, 1.165) is 6.07 Å². The molecule has 3 aromatic rings. The summed E-state index contributed by atoms with van der Waals surface area (Å²) in [6, 6.07) is 10.2. The van der Waals surface area contributed by atoms with Crippen molar-refractivity contribution in [2.45, 2.75) is 6.18 Å². The van der Waals surface area contributed by atoms with Gasteiger partial charge in [0.2, 0.25) is 0 Å². The quantitative estimate of drug-likeness (QED) is 0.590. The number of alkyl halides is 3. The van der Waals surface area contributed by atoms with Gasteiger partial charge >= 0.3 is 6.18 Å². The molecule has 0 amide bonds. The first-order valence-corrected chi connectivity index (χ1v) is 6.34. The summed E-state index contributed by atoms with van der Waals surface area (Å²) in [5.74, 6) is -0.203. The summed E-state index contributed by atoms with van der Waals surface area (Å²) in [5, 5.41) is 0.493.